The first-order valence-corrected chi connectivity index (χ1v) is 9.76. The fourth-order valence-corrected chi connectivity index (χ4v) is 3.14. The Kier molecular flexibility index (Phi) is 7.50. The van der Waals surface area contributed by atoms with Gasteiger partial charge in [0, 0.05) is 32.7 Å². The van der Waals surface area contributed by atoms with E-state index in [9.17, 15) is 9.90 Å². The Labute approximate surface area is 163 Å². The number of ether oxygens (including phenoxy) is 2. The van der Waals surface area contributed by atoms with E-state index >= 15 is 0 Å². The molecular formula is C21H34N2O4. The summed E-state index contributed by atoms with van der Waals surface area (Å²) in [6.07, 6.45) is -0.823. The predicted octanol–water partition coefficient (Wildman–Crippen LogP) is 2.81. The van der Waals surface area contributed by atoms with Crippen molar-refractivity contribution in [1.82, 2.24) is 9.80 Å². The highest BCUT2D eigenvalue weighted by Crippen LogP contribution is 2.27. The molecule has 1 heterocycles. The van der Waals surface area contributed by atoms with E-state index < -0.39 is 6.10 Å². The quantitative estimate of drug-likeness (QED) is 0.825. The van der Waals surface area contributed by atoms with Crippen molar-refractivity contribution < 1.29 is 19.4 Å². The van der Waals surface area contributed by atoms with E-state index in [2.05, 4.69) is 37.8 Å². The first-order chi connectivity index (χ1) is 12.7. The van der Waals surface area contributed by atoms with Crippen LogP contribution >= 0.6 is 0 Å². The van der Waals surface area contributed by atoms with Crippen LogP contribution in [0.4, 0.5) is 4.79 Å². The number of carbonyl (C=O) groups excluding carboxylic acids is 1. The van der Waals surface area contributed by atoms with Crippen molar-refractivity contribution in [3.05, 3.63) is 29.3 Å². The van der Waals surface area contributed by atoms with Crippen LogP contribution in [-0.4, -0.2) is 73.0 Å². The normalized spacial score (nSPS) is 16.9. The second-order valence-electron chi connectivity index (χ2n) is 8.18. The molecule has 0 saturated carbocycles. The summed E-state index contributed by atoms with van der Waals surface area (Å²) in [5.74, 6) is 0.814. The predicted molar refractivity (Wildman–Crippen MR) is 106 cm³/mol. The number of β-amino-alcohol motifs (C(OH)–C–C–N with tert-alkyl or cyclic N) is 1. The first kappa shape index (κ1) is 21.5. The van der Waals surface area contributed by atoms with Gasteiger partial charge in [0.15, 0.2) is 0 Å². The SMILES string of the molecule is CCOC(=O)N1CCN(C[C@@H](O)COc2ccc(C(C)(C)C)cc2C)CC1. The van der Waals surface area contributed by atoms with Gasteiger partial charge in [0.1, 0.15) is 18.5 Å². The number of benzene rings is 1. The van der Waals surface area contributed by atoms with Gasteiger partial charge in [-0.05, 0) is 36.5 Å². The van der Waals surface area contributed by atoms with E-state index in [0.29, 0.717) is 26.2 Å². The fourth-order valence-electron chi connectivity index (χ4n) is 3.14. The van der Waals surface area contributed by atoms with Crippen molar-refractivity contribution in [2.75, 3.05) is 45.9 Å². The summed E-state index contributed by atoms with van der Waals surface area (Å²) >= 11 is 0. The molecule has 0 aliphatic carbocycles. The second kappa shape index (κ2) is 9.42. The number of hydrogen-bond acceptors (Lipinski definition) is 5. The molecule has 1 N–H and O–H groups in total. The zero-order valence-corrected chi connectivity index (χ0v) is 17.3. The van der Waals surface area contributed by atoms with Crippen LogP contribution in [0.15, 0.2) is 18.2 Å². The fraction of sp³-hybridized carbons (Fsp3) is 0.667. The van der Waals surface area contributed by atoms with Gasteiger partial charge in [-0.3, -0.25) is 4.90 Å². The lowest BCUT2D eigenvalue weighted by atomic mass is 9.86. The van der Waals surface area contributed by atoms with Gasteiger partial charge >= 0.3 is 6.09 Å². The zero-order chi connectivity index (χ0) is 20.0. The summed E-state index contributed by atoms with van der Waals surface area (Å²) < 4.78 is 10.9. The van der Waals surface area contributed by atoms with E-state index in [1.165, 1.54) is 5.56 Å². The minimum absolute atomic E-state index is 0.106. The summed E-state index contributed by atoms with van der Waals surface area (Å²) in [5.41, 5.74) is 2.46. The molecule has 0 spiro atoms. The minimum Gasteiger partial charge on any atom is -0.491 e. The number of carbonyl (C=O) groups is 1. The number of amides is 1. The van der Waals surface area contributed by atoms with Crippen molar-refractivity contribution >= 4 is 6.09 Å². The molecule has 1 amide bonds. The van der Waals surface area contributed by atoms with Gasteiger partial charge in [0.05, 0.1) is 6.61 Å². The van der Waals surface area contributed by atoms with Crippen LogP contribution in [-0.2, 0) is 10.2 Å². The van der Waals surface area contributed by atoms with E-state index in [4.69, 9.17) is 9.47 Å². The Hall–Kier alpha value is -1.79. The van der Waals surface area contributed by atoms with Crippen molar-refractivity contribution in [2.24, 2.45) is 0 Å². The topological polar surface area (TPSA) is 62.2 Å². The van der Waals surface area contributed by atoms with Crippen LogP contribution in [0, 0.1) is 6.92 Å². The average molecular weight is 379 g/mol. The molecule has 6 nitrogen and oxygen atoms in total. The largest absolute Gasteiger partial charge is 0.491 e. The van der Waals surface area contributed by atoms with Crippen molar-refractivity contribution in [3.8, 4) is 5.75 Å². The Balaban J connectivity index is 1.77. The third kappa shape index (κ3) is 6.40. The number of rotatable bonds is 6. The van der Waals surface area contributed by atoms with Crippen LogP contribution < -0.4 is 4.74 Å². The molecule has 0 radical (unpaired) electrons. The lowest BCUT2D eigenvalue weighted by Crippen LogP contribution is -2.51. The van der Waals surface area contributed by atoms with Crippen LogP contribution in [0.1, 0.15) is 38.8 Å². The maximum absolute atomic E-state index is 11.7. The van der Waals surface area contributed by atoms with Gasteiger partial charge < -0.3 is 19.5 Å². The Bertz CT molecular complexity index is 619. The summed E-state index contributed by atoms with van der Waals surface area (Å²) in [7, 11) is 0. The monoisotopic (exact) mass is 378 g/mol. The number of piperazine rings is 1. The summed E-state index contributed by atoms with van der Waals surface area (Å²) in [5, 5.41) is 10.3. The number of aliphatic hydroxyl groups excluding tert-OH is 1. The molecule has 0 bridgehead atoms. The molecule has 2 rings (SSSR count). The number of aliphatic hydroxyl groups is 1. The first-order valence-electron chi connectivity index (χ1n) is 9.76. The molecule has 6 heteroatoms. The summed E-state index contributed by atoms with van der Waals surface area (Å²) in [6.45, 7) is 14.3. The Morgan fingerprint density at radius 2 is 1.89 bits per heavy atom. The highest BCUT2D eigenvalue weighted by atomic mass is 16.6. The molecule has 1 aliphatic heterocycles. The Morgan fingerprint density at radius 1 is 1.22 bits per heavy atom. The lowest BCUT2D eigenvalue weighted by molar-refractivity contribution is 0.0406. The van der Waals surface area contributed by atoms with Crippen molar-refractivity contribution in [3.63, 3.8) is 0 Å². The molecule has 1 aliphatic rings. The minimum atomic E-state index is -0.569. The van der Waals surface area contributed by atoms with E-state index in [1.807, 2.05) is 19.9 Å². The molecule has 0 unspecified atom stereocenters. The molecule has 1 aromatic carbocycles. The summed E-state index contributed by atoms with van der Waals surface area (Å²) in [4.78, 5) is 15.6. The smallest absolute Gasteiger partial charge is 0.409 e. The van der Waals surface area contributed by atoms with Crippen LogP contribution in [0.25, 0.3) is 0 Å². The zero-order valence-electron chi connectivity index (χ0n) is 17.3. The van der Waals surface area contributed by atoms with Gasteiger partial charge in [-0.15, -0.1) is 0 Å². The highest BCUT2D eigenvalue weighted by molar-refractivity contribution is 5.67. The third-order valence-corrected chi connectivity index (χ3v) is 4.84. The number of hydrogen-bond donors (Lipinski definition) is 1. The van der Waals surface area contributed by atoms with E-state index in [1.54, 1.807) is 4.90 Å². The molecule has 27 heavy (non-hydrogen) atoms. The molecule has 1 atom stereocenters. The maximum Gasteiger partial charge on any atom is 0.409 e. The van der Waals surface area contributed by atoms with Crippen LogP contribution in [0.5, 0.6) is 5.75 Å². The molecular weight excluding hydrogens is 344 g/mol. The number of aryl methyl sites for hydroxylation is 1. The number of nitrogens with zero attached hydrogens (tertiary/aromatic N) is 2. The maximum atomic E-state index is 11.7. The van der Waals surface area contributed by atoms with E-state index in [-0.39, 0.29) is 18.1 Å². The van der Waals surface area contributed by atoms with Gasteiger partial charge in [-0.2, -0.15) is 0 Å². The van der Waals surface area contributed by atoms with E-state index in [0.717, 1.165) is 24.4 Å². The van der Waals surface area contributed by atoms with Crippen LogP contribution in [0.3, 0.4) is 0 Å². The van der Waals surface area contributed by atoms with Crippen molar-refractivity contribution in [2.45, 2.75) is 46.1 Å². The molecule has 1 fully saturated rings. The molecule has 1 aromatic rings. The Morgan fingerprint density at radius 3 is 2.44 bits per heavy atom. The van der Waals surface area contributed by atoms with Gasteiger partial charge in [0.25, 0.3) is 0 Å². The molecule has 1 saturated heterocycles. The lowest BCUT2D eigenvalue weighted by Gasteiger charge is -2.34. The third-order valence-electron chi connectivity index (χ3n) is 4.84. The molecule has 152 valence electrons. The highest BCUT2D eigenvalue weighted by Gasteiger charge is 2.23. The van der Waals surface area contributed by atoms with Gasteiger partial charge in [0.2, 0.25) is 0 Å². The van der Waals surface area contributed by atoms with Crippen LogP contribution in [0.2, 0.25) is 0 Å². The standard InChI is InChI=1S/C21H34N2O4/c1-6-26-20(25)23-11-9-22(10-12-23)14-18(24)15-27-19-8-7-17(13-16(19)2)21(3,4)5/h7-8,13,18,24H,6,9-12,14-15H2,1-5H3/t18-/m1/s1. The average Bonchev–Trinajstić information content (AvgIpc) is 2.60. The van der Waals surface area contributed by atoms with Gasteiger partial charge in [-0.1, -0.05) is 32.9 Å². The van der Waals surface area contributed by atoms with Gasteiger partial charge in [-0.25, -0.2) is 4.79 Å². The summed E-state index contributed by atoms with van der Waals surface area (Å²) in [6, 6.07) is 6.22. The molecule has 0 aromatic heterocycles. The second-order valence-corrected chi connectivity index (χ2v) is 8.18. The van der Waals surface area contributed by atoms with Crippen molar-refractivity contribution in [1.29, 1.82) is 0 Å².